The number of rotatable bonds is 21. The number of hydrogen-bond donors (Lipinski definition) is 0. The molecule has 4 aliphatic rings. The third kappa shape index (κ3) is 19.1. The van der Waals surface area contributed by atoms with E-state index in [9.17, 15) is 0 Å². The Morgan fingerprint density at radius 3 is 0.872 bits per heavy atom. The first-order chi connectivity index (χ1) is 65.8. The van der Waals surface area contributed by atoms with Gasteiger partial charge in [-0.15, -0.1) is 40.8 Å². The summed E-state index contributed by atoms with van der Waals surface area (Å²) in [6, 6.07) is 90.9. The predicted octanol–water partition coefficient (Wildman–Crippen LogP) is 19.2. The van der Waals surface area contributed by atoms with E-state index in [1.807, 2.05) is 194 Å². The van der Waals surface area contributed by atoms with E-state index < -0.39 is 0 Å². The summed E-state index contributed by atoms with van der Waals surface area (Å²) in [7, 11) is 2.18. The highest BCUT2D eigenvalue weighted by molar-refractivity contribution is 5.96. The monoisotopic (exact) mass is 1760 g/mol. The van der Waals surface area contributed by atoms with Gasteiger partial charge in [-0.25, -0.2) is 0 Å². The first kappa shape index (κ1) is 84.7. The van der Waals surface area contributed by atoms with Crippen LogP contribution in [-0.4, -0.2) is 223 Å². The number of pyridine rings is 8. The molecule has 0 unspecified atom stereocenters. The summed E-state index contributed by atoms with van der Waals surface area (Å²) < 4.78 is 31.4. The lowest BCUT2D eigenvalue weighted by molar-refractivity contribution is 0.0322. The lowest BCUT2D eigenvalue weighted by Gasteiger charge is -2.34. The average Bonchev–Trinajstić information content (AvgIpc) is 1.55. The molecule has 24 rings (SSSR count). The SMILES string of the molecule is CN1CCN(c2ccc(-c3ccn4c(-c5ccnc6ccccc56)nnc4c3)cc2)CC1.c1ccc2c(-c3nnc4cc(-c5ccc(OCCN6CCCC6)cc5)ccn34)ccnc2c1.c1ccc2c(-c3nnc4cc(-c5ccc(OCCN6CCCCC6)cc5)ccn34)ccnc2c1.c1ccc2c(-c3nnc4cc(-c5ccc(OCCN6CCOCC6)cc5)ccn34)ccnc2c1. The molecule has 4 fully saturated rings. The maximum Gasteiger partial charge on any atom is 0.169 e. The number of likely N-dealkylation sites (N-methyl/N-ethyl adjacent to an activating group) is 1. The number of anilines is 1. The van der Waals surface area contributed by atoms with Crippen LogP contribution in [0.3, 0.4) is 0 Å². The normalized spacial score (nSPS) is 14.6. The van der Waals surface area contributed by atoms with Gasteiger partial charge in [0, 0.05) is 158 Å². The molecule has 0 N–H and O–H groups in total. The van der Waals surface area contributed by atoms with Gasteiger partial charge in [0.2, 0.25) is 0 Å². The standard InChI is InChI=1S/C28H27N5O.C27H25N5O2.C27H25N5O.C26H24N6/c1-4-15-32(16-5-1)18-19-34-23-10-8-21(9-11-23)22-13-17-33-27(20-22)30-31-28(33)25-12-14-29-26-7-3-2-6-24(25)26;1-2-4-25-23(3-1)24(9-11-28-25)27-30-29-26-19-21(10-12-32(26)27)20-5-7-22(8-6-20)34-18-15-31-13-16-33-17-14-31;1-2-6-25-23(5-1)24(11-13-28-25)27-30-29-26-19-21(12-16-32(26)27)20-7-9-22(10-8-20)33-18-17-31-14-3-4-15-31;1-30-14-16-31(17-15-30)21-8-6-19(7-9-21)20-11-13-32-25(18-20)28-29-26(32)23-10-12-27-24-5-3-2-4-22(23)24/h2-3,6-14,17,20H,1,4-5,15-16,18-19H2;1-12,19H,13-18H2;1-2,5-13,16,19H,3-4,14-15,17-18H2;2-13,18H,14-17H2,1H3. The molecule has 0 radical (unpaired) electrons. The zero-order valence-corrected chi connectivity index (χ0v) is 74.3. The summed E-state index contributed by atoms with van der Waals surface area (Å²) in [4.78, 5) is 30.0. The van der Waals surface area contributed by atoms with Crippen LogP contribution in [0, 0.1) is 0 Å². The van der Waals surface area contributed by atoms with Crippen molar-refractivity contribution >= 4 is 71.9 Å². The number of fused-ring (bicyclic) bond motifs is 8. The lowest BCUT2D eigenvalue weighted by Crippen LogP contribution is -2.44. The maximum atomic E-state index is 5.98. The largest absolute Gasteiger partial charge is 0.492 e. The highest BCUT2D eigenvalue weighted by Crippen LogP contribution is 2.36. The molecule has 0 amide bonds. The van der Waals surface area contributed by atoms with E-state index in [2.05, 4.69) is 232 Å². The molecule has 20 aromatic rings. The maximum absolute atomic E-state index is 5.98. The van der Waals surface area contributed by atoms with Crippen molar-refractivity contribution in [1.29, 1.82) is 0 Å². The average molecular weight is 1760 g/mol. The van der Waals surface area contributed by atoms with Crippen molar-refractivity contribution in [3.05, 3.63) is 316 Å². The second kappa shape index (κ2) is 39.7. The minimum atomic E-state index is 0.678. The second-order valence-electron chi connectivity index (χ2n) is 34.0. The zero-order valence-electron chi connectivity index (χ0n) is 74.3. The van der Waals surface area contributed by atoms with Crippen molar-refractivity contribution in [1.82, 2.24) is 97.9 Å². The third-order valence-electron chi connectivity index (χ3n) is 25.6. The van der Waals surface area contributed by atoms with Crippen molar-refractivity contribution in [3.8, 4) is 107 Å². The van der Waals surface area contributed by atoms with Gasteiger partial charge in [0.05, 0.1) is 35.3 Å². The molecule has 12 aromatic heterocycles. The molecule has 0 atom stereocenters. The third-order valence-corrected chi connectivity index (χ3v) is 25.6. The second-order valence-corrected chi connectivity index (χ2v) is 34.0. The number of morpholine rings is 1. The number of nitrogens with zero attached hydrogens (tertiary/aromatic N) is 21. The molecule has 0 aliphatic carbocycles. The highest BCUT2D eigenvalue weighted by Gasteiger charge is 2.22. The van der Waals surface area contributed by atoms with Gasteiger partial charge in [0.1, 0.15) is 37.1 Å². The van der Waals surface area contributed by atoms with Crippen LogP contribution in [0.15, 0.2) is 316 Å². The molecule has 0 spiro atoms. The van der Waals surface area contributed by atoms with Crippen LogP contribution >= 0.6 is 0 Å². The van der Waals surface area contributed by atoms with Crippen LogP contribution in [0.4, 0.5) is 5.69 Å². The fourth-order valence-electron chi connectivity index (χ4n) is 18.2. The Morgan fingerprint density at radius 1 is 0.271 bits per heavy atom. The molecule has 133 heavy (non-hydrogen) atoms. The lowest BCUT2D eigenvalue weighted by atomic mass is 10.1. The first-order valence-corrected chi connectivity index (χ1v) is 46.1. The molecule has 16 heterocycles. The van der Waals surface area contributed by atoms with E-state index in [-0.39, 0.29) is 0 Å². The fraction of sp³-hybridized carbons (Fsp3) is 0.222. The van der Waals surface area contributed by atoms with Crippen molar-refractivity contribution in [2.45, 2.75) is 32.1 Å². The smallest absolute Gasteiger partial charge is 0.169 e. The summed E-state index contributed by atoms with van der Waals surface area (Å²) in [6.07, 6.45) is 22.1. The first-order valence-electron chi connectivity index (χ1n) is 46.1. The minimum Gasteiger partial charge on any atom is -0.492 e. The van der Waals surface area contributed by atoms with Crippen LogP contribution in [0.1, 0.15) is 32.1 Å². The summed E-state index contributed by atoms with van der Waals surface area (Å²) >= 11 is 0. The molecule has 4 saturated heterocycles. The summed E-state index contributed by atoms with van der Waals surface area (Å²) in [6.45, 7) is 17.8. The van der Waals surface area contributed by atoms with E-state index in [1.54, 1.807) is 0 Å². The predicted molar refractivity (Wildman–Crippen MR) is 526 cm³/mol. The number of piperidine rings is 1. The number of aromatic nitrogens is 16. The Balaban J connectivity index is 0.000000107. The molecule has 0 bridgehead atoms. The number of benzene rings is 8. The number of likely N-dealkylation sites (tertiary alicyclic amines) is 2. The van der Waals surface area contributed by atoms with E-state index >= 15 is 0 Å². The summed E-state index contributed by atoms with van der Waals surface area (Å²) in [5.74, 6) is 5.98. The molecule has 8 aromatic carbocycles. The molecular weight excluding hydrogens is 1660 g/mol. The Bertz CT molecular complexity index is 7160. The van der Waals surface area contributed by atoms with Crippen molar-refractivity contribution < 1.29 is 18.9 Å². The summed E-state index contributed by atoms with van der Waals surface area (Å²) in [5.41, 5.74) is 21.5. The van der Waals surface area contributed by atoms with Gasteiger partial charge in [-0.3, -0.25) is 52.2 Å². The molecule has 662 valence electrons. The van der Waals surface area contributed by atoms with E-state index in [4.69, 9.17) is 18.9 Å². The molecule has 4 aliphatic heterocycles. The van der Waals surface area contributed by atoms with Crippen LogP contribution in [0.2, 0.25) is 0 Å². The van der Waals surface area contributed by atoms with Gasteiger partial charge in [-0.2, -0.15) is 0 Å². The van der Waals surface area contributed by atoms with Crippen LogP contribution in [0.5, 0.6) is 17.2 Å². The Hall–Kier alpha value is -15.1. The van der Waals surface area contributed by atoms with Gasteiger partial charge in [-0.05, 0) is 249 Å². The van der Waals surface area contributed by atoms with Crippen LogP contribution in [0.25, 0.3) is 156 Å². The summed E-state index contributed by atoms with van der Waals surface area (Å²) in [5, 5.41) is 40.1. The Labute approximate surface area is 770 Å². The van der Waals surface area contributed by atoms with Gasteiger partial charge in [-0.1, -0.05) is 128 Å². The van der Waals surface area contributed by atoms with Crippen molar-refractivity contribution in [2.24, 2.45) is 0 Å². The number of para-hydroxylation sites is 4. The van der Waals surface area contributed by atoms with Crippen molar-refractivity contribution in [3.63, 3.8) is 0 Å². The highest BCUT2D eigenvalue weighted by atomic mass is 16.5. The molecular formula is C108H101N21O4. The van der Waals surface area contributed by atoms with Gasteiger partial charge in [0.15, 0.2) is 45.9 Å². The Kier molecular flexibility index (Phi) is 25.3. The topological polar surface area (TPSA) is 225 Å². The van der Waals surface area contributed by atoms with Gasteiger partial charge < -0.3 is 28.7 Å². The quantitative estimate of drug-likeness (QED) is 0.0651. The van der Waals surface area contributed by atoms with Crippen LogP contribution in [-0.2, 0) is 4.74 Å². The minimum absolute atomic E-state index is 0.678. The van der Waals surface area contributed by atoms with E-state index in [0.717, 1.165) is 253 Å². The fourth-order valence-corrected chi connectivity index (χ4v) is 18.2. The number of ether oxygens (including phenoxy) is 4. The van der Waals surface area contributed by atoms with Crippen molar-refractivity contribution in [2.75, 3.05) is 130 Å². The zero-order chi connectivity index (χ0) is 89.0. The molecule has 25 heteroatoms. The number of hydrogen-bond acceptors (Lipinski definition) is 21. The van der Waals surface area contributed by atoms with Gasteiger partial charge in [0.25, 0.3) is 0 Å². The molecule has 25 nitrogen and oxygen atoms in total. The van der Waals surface area contributed by atoms with Crippen LogP contribution < -0.4 is 19.1 Å². The van der Waals surface area contributed by atoms with E-state index in [1.165, 1.54) is 69.5 Å². The molecule has 0 saturated carbocycles. The number of piperazine rings is 1. The van der Waals surface area contributed by atoms with E-state index in [0.29, 0.717) is 6.61 Å². The Morgan fingerprint density at radius 2 is 0.556 bits per heavy atom. The van der Waals surface area contributed by atoms with Gasteiger partial charge >= 0.3 is 0 Å².